The number of aromatic nitrogens is 2. The van der Waals surface area contributed by atoms with Crippen molar-refractivity contribution < 1.29 is 13.9 Å². The molecule has 0 radical (unpaired) electrons. The van der Waals surface area contributed by atoms with Crippen LogP contribution >= 0.6 is 0 Å². The maximum atomic E-state index is 13.2. The van der Waals surface area contributed by atoms with Crippen LogP contribution in [0.2, 0.25) is 0 Å². The van der Waals surface area contributed by atoms with Gasteiger partial charge in [0.25, 0.3) is 0 Å². The molecule has 106 valence electrons. The van der Waals surface area contributed by atoms with Crippen molar-refractivity contribution >= 4 is 11.0 Å². The van der Waals surface area contributed by atoms with Crippen molar-refractivity contribution in [1.82, 2.24) is 9.97 Å². The second-order valence-electron chi connectivity index (χ2n) is 4.77. The highest BCUT2D eigenvalue weighted by molar-refractivity contribution is 5.77. The molecule has 1 heterocycles. The van der Waals surface area contributed by atoms with E-state index in [1.165, 1.54) is 12.1 Å². The minimum atomic E-state index is -0.911. The molecule has 1 aromatic heterocycles. The van der Waals surface area contributed by atoms with Crippen molar-refractivity contribution in [2.75, 3.05) is 0 Å². The first kappa shape index (κ1) is 13.6. The number of hydrogen-bond donors (Lipinski definition) is 1. The number of halogens is 2. The first-order chi connectivity index (χ1) is 10.1. The number of aliphatic hydroxyl groups excluding tert-OH is 1. The van der Waals surface area contributed by atoms with Crippen molar-refractivity contribution in [3.05, 3.63) is 71.6 Å². The smallest absolute Gasteiger partial charge is 0.126 e. The van der Waals surface area contributed by atoms with Crippen LogP contribution in [-0.2, 0) is 6.42 Å². The zero-order chi connectivity index (χ0) is 14.8. The van der Waals surface area contributed by atoms with Crippen LogP contribution in [0, 0.1) is 11.6 Å². The van der Waals surface area contributed by atoms with Crippen molar-refractivity contribution in [2.24, 2.45) is 0 Å². The summed E-state index contributed by atoms with van der Waals surface area (Å²) in [5.41, 5.74) is 2.23. The van der Waals surface area contributed by atoms with Crippen LogP contribution in [0.3, 0.4) is 0 Å². The minimum Gasteiger partial charge on any atom is -0.388 e. The molecular formula is C16H12F2N2O. The zero-order valence-electron chi connectivity index (χ0n) is 11.0. The normalized spacial score (nSPS) is 12.5. The lowest BCUT2D eigenvalue weighted by atomic mass is 10.00. The molecule has 3 nitrogen and oxygen atoms in total. The van der Waals surface area contributed by atoms with Gasteiger partial charge in [0, 0.05) is 30.4 Å². The van der Waals surface area contributed by atoms with E-state index in [9.17, 15) is 13.9 Å². The molecule has 3 rings (SSSR count). The van der Waals surface area contributed by atoms with Gasteiger partial charge in [0.1, 0.15) is 11.6 Å². The van der Waals surface area contributed by atoms with Crippen LogP contribution in [-0.4, -0.2) is 15.1 Å². The standard InChI is InChI=1S/C16H12F2N2O/c17-11-6-10(7-12(18)9-11)8-15(21)13-2-1-3-14-16(13)20-5-4-19-14/h1-7,9,15,21H,8H2. The Morgan fingerprint density at radius 2 is 1.71 bits per heavy atom. The second-order valence-corrected chi connectivity index (χ2v) is 4.77. The monoisotopic (exact) mass is 286 g/mol. The highest BCUT2D eigenvalue weighted by Gasteiger charge is 2.14. The van der Waals surface area contributed by atoms with Crippen LogP contribution in [0.5, 0.6) is 0 Å². The molecule has 0 saturated carbocycles. The maximum absolute atomic E-state index is 13.2. The van der Waals surface area contributed by atoms with Crippen LogP contribution in [0.4, 0.5) is 8.78 Å². The molecule has 0 amide bonds. The van der Waals surface area contributed by atoms with Gasteiger partial charge in [-0.05, 0) is 23.8 Å². The summed E-state index contributed by atoms with van der Waals surface area (Å²) in [6.07, 6.45) is 2.30. The summed E-state index contributed by atoms with van der Waals surface area (Å²) >= 11 is 0. The Labute approximate surface area is 119 Å². The molecular weight excluding hydrogens is 274 g/mol. The highest BCUT2D eigenvalue weighted by Crippen LogP contribution is 2.24. The highest BCUT2D eigenvalue weighted by atomic mass is 19.1. The first-order valence-electron chi connectivity index (χ1n) is 6.46. The third-order valence-electron chi connectivity index (χ3n) is 3.24. The summed E-state index contributed by atoms with van der Waals surface area (Å²) in [6.45, 7) is 0. The fourth-order valence-electron chi connectivity index (χ4n) is 2.35. The van der Waals surface area contributed by atoms with E-state index in [-0.39, 0.29) is 6.42 Å². The topological polar surface area (TPSA) is 46.0 Å². The number of aliphatic hydroxyl groups is 1. The number of benzene rings is 2. The van der Waals surface area contributed by atoms with Crippen LogP contribution in [0.25, 0.3) is 11.0 Å². The van der Waals surface area contributed by atoms with Crippen LogP contribution in [0.15, 0.2) is 48.8 Å². The second kappa shape index (κ2) is 5.54. The molecule has 0 aliphatic heterocycles. The maximum Gasteiger partial charge on any atom is 0.126 e. The van der Waals surface area contributed by atoms with Gasteiger partial charge in [0.2, 0.25) is 0 Å². The SMILES string of the molecule is OC(Cc1cc(F)cc(F)c1)c1cccc2nccnc12. The summed E-state index contributed by atoms with van der Waals surface area (Å²) in [4.78, 5) is 8.37. The fourth-order valence-corrected chi connectivity index (χ4v) is 2.35. The molecule has 0 saturated heterocycles. The van der Waals surface area contributed by atoms with Gasteiger partial charge in [-0.1, -0.05) is 12.1 Å². The Hall–Kier alpha value is -2.40. The molecule has 0 aliphatic rings. The molecule has 1 unspecified atom stereocenters. The number of hydrogen-bond acceptors (Lipinski definition) is 3. The van der Waals surface area contributed by atoms with E-state index in [1.54, 1.807) is 30.6 Å². The van der Waals surface area contributed by atoms with E-state index in [0.717, 1.165) is 6.07 Å². The molecule has 0 aliphatic carbocycles. The van der Waals surface area contributed by atoms with Gasteiger partial charge in [-0.15, -0.1) is 0 Å². The van der Waals surface area contributed by atoms with Gasteiger partial charge >= 0.3 is 0 Å². The molecule has 2 aromatic carbocycles. The van der Waals surface area contributed by atoms with E-state index in [1.807, 2.05) is 0 Å². The predicted octanol–water partition coefficient (Wildman–Crippen LogP) is 3.18. The molecule has 0 fully saturated rings. The molecule has 3 aromatic rings. The number of para-hydroxylation sites is 1. The number of fused-ring (bicyclic) bond motifs is 1. The molecule has 1 atom stereocenters. The summed E-state index contributed by atoms with van der Waals surface area (Å²) in [5.74, 6) is -1.31. The lowest BCUT2D eigenvalue weighted by molar-refractivity contribution is 0.179. The first-order valence-corrected chi connectivity index (χ1v) is 6.46. The lowest BCUT2D eigenvalue weighted by Crippen LogP contribution is -2.04. The Morgan fingerprint density at radius 3 is 2.48 bits per heavy atom. The summed E-state index contributed by atoms with van der Waals surface area (Å²) in [6, 6.07) is 8.52. The van der Waals surface area contributed by atoms with Gasteiger partial charge in [-0.3, -0.25) is 9.97 Å². The van der Waals surface area contributed by atoms with Crippen molar-refractivity contribution in [3.63, 3.8) is 0 Å². The Kier molecular flexibility index (Phi) is 3.58. The van der Waals surface area contributed by atoms with E-state index < -0.39 is 17.7 Å². The van der Waals surface area contributed by atoms with Crippen molar-refractivity contribution in [1.29, 1.82) is 0 Å². The minimum absolute atomic E-state index is 0.102. The fraction of sp³-hybridized carbons (Fsp3) is 0.125. The third kappa shape index (κ3) is 2.87. The van der Waals surface area contributed by atoms with Gasteiger partial charge in [0.15, 0.2) is 0 Å². The summed E-state index contributed by atoms with van der Waals surface area (Å²) < 4.78 is 26.4. The number of rotatable bonds is 3. The van der Waals surface area contributed by atoms with Gasteiger partial charge in [-0.2, -0.15) is 0 Å². The van der Waals surface area contributed by atoms with E-state index in [2.05, 4.69) is 9.97 Å². The number of nitrogens with zero attached hydrogens (tertiary/aromatic N) is 2. The van der Waals surface area contributed by atoms with Crippen molar-refractivity contribution in [3.8, 4) is 0 Å². The van der Waals surface area contributed by atoms with Crippen LogP contribution < -0.4 is 0 Å². The van der Waals surface area contributed by atoms with Gasteiger partial charge in [-0.25, -0.2) is 8.78 Å². The van der Waals surface area contributed by atoms with Crippen LogP contribution in [0.1, 0.15) is 17.2 Å². The summed E-state index contributed by atoms with van der Waals surface area (Å²) in [7, 11) is 0. The van der Waals surface area contributed by atoms with Gasteiger partial charge < -0.3 is 5.11 Å². The van der Waals surface area contributed by atoms with E-state index in [0.29, 0.717) is 22.2 Å². The largest absolute Gasteiger partial charge is 0.388 e. The molecule has 21 heavy (non-hydrogen) atoms. The molecule has 0 bridgehead atoms. The Morgan fingerprint density at radius 1 is 1.00 bits per heavy atom. The van der Waals surface area contributed by atoms with E-state index in [4.69, 9.17) is 0 Å². The quantitative estimate of drug-likeness (QED) is 0.804. The predicted molar refractivity (Wildman–Crippen MR) is 74.6 cm³/mol. The Balaban J connectivity index is 1.95. The molecule has 0 spiro atoms. The van der Waals surface area contributed by atoms with Crippen molar-refractivity contribution in [2.45, 2.75) is 12.5 Å². The van der Waals surface area contributed by atoms with Gasteiger partial charge in [0.05, 0.1) is 17.1 Å². The molecule has 1 N–H and O–H groups in total. The summed E-state index contributed by atoms with van der Waals surface area (Å²) in [5, 5.41) is 10.3. The molecule has 5 heteroatoms. The Bertz CT molecular complexity index is 767. The average molecular weight is 286 g/mol. The third-order valence-corrected chi connectivity index (χ3v) is 3.24. The van der Waals surface area contributed by atoms with E-state index >= 15 is 0 Å². The average Bonchev–Trinajstić information content (AvgIpc) is 2.45. The lowest BCUT2D eigenvalue weighted by Gasteiger charge is -2.13. The zero-order valence-corrected chi connectivity index (χ0v) is 11.0.